The monoisotopic (exact) mass is 418 g/mol. The van der Waals surface area contributed by atoms with E-state index in [2.05, 4.69) is 46.6 Å². The van der Waals surface area contributed by atoms with Gasteiger partial charge in [0.05, 0.1) is 20.3 Å². The number of nitrogens with one attached hydrogen (secondary N) is 1. The van der Waals surface area contributed by atoms with Crippen molar-refractivity contribution in [2.24, 2.45) is 0 Å². The Morgan fingerprint density at radius 3 is 2.26 bits per heavy atom. The number of ether oxygens (including phenoxy) is 3. The lowest BCUT2D eigenvalue weighted by atomic mass is 9.94. The Morgan fingerprint density at radius 1 is 0.806 bits per heavy atom. The molecule has 1 fully saturated rings. The van der Waals surface area contributed by atoms with Crippen molar-refractivity contribution < 1.29 is 14.2 Å². The quantitative estimate of drug-likeness (QED) is 0.592. The van der Waals surface area contributed by atoms with Crippen LogP contribution in [-0.2, 0) is 6.61 Å². The van der Waals surface area contributed by atoms with E-state index < -0.39 is 0 Å². The third kappa shape index (κ3) is 5.01. The summed E-state index contributed by atoms with van der Waals surface area (Å²) in [7, 11) is 3.39. The molecule has 3 aromatic carbocycles. The molecule has 1 aliphatic rings. The van der Waals surface area contributed by atoms with Gasteiger partial charge in [0.25, 0.3) is 0 Å². The second kappa shape index (κ2) is 10.3. The zero-order valence-corrected chi connectivity index (χ0v) is 18.2. The molecule has 5 nitrogen and oxygen atoms in total. The van der Waals surface area contributed by atoms with Gasteiger partial charge in [0.15, 0.2) is 0 Å². The van der Waals surface area contributed by atoms with Crippen LogP contribution in [0.15, 0.2) is 72.8 Å². The fourth-order valence-electron chi connectivity index (χ4n) is 4.12. The van der Waals surface area contributed by atoms with Gasteiger partial charge in [0.1, 0.15) is 23.9 Å². The smallest absolute Gasteiger partial charge is 0.127 e. The summed E-state index contributed by atoms with van der Waals surface area (Å²) >= 11 is 0. The molecule has 1 saturated heterocycles. The maximum atomic E-state index is 6.33. The molecule has 1 heterocycles. The molecule has 1 aliphatic heterocycles. The summed E-state index contributed by atoms with van der Waals surface area (Å²) in [5.41, 5.74) is 3.41. The van der Waals surface area contributed by atoms with Crippen molar-refractivity contribution in [3.8, 4) is 17.2 Å². The first-order chi connectivity index (χ1) is 15.3. The van der Waals surface area contributed by atoms with Crippen molar-refractivity contribution in [3.63, 3.8) is 0 Å². The molecule has 0 saturated carbocycles. The molecule has 1 atom stereocenters. The topological polar surface area (TPSA) is 43.0 Å². The van der Waals surface area contributed by atoms with Gasteiger partial charge < -0.3 is 19.5 Å². The van der Waals surface area contributed by atoms with Crippen LogP contribution in [0.4, 0.5) is 0 Å². The second-order valence-electron chi connectivity index (χ2n) is 7.61. The highest BCUT2D eigenvalue weighted by atomic mass is 16.5. The maximum absolute atomic E-state index is 6.33. The Bertz CT molecular complexity index is 971. The normalized spacial score (nSPS) is 15.3. The van der Waals surface area contributed by atoms with E-state index in [9.17, 15) is 0 Å². The Kier molecular flexibility index (Phi) is 7.07. The summed E-state index contributed by atoms with van der Waals surface area (Å²) in [6.07, 6.45) is 0. The molecular formula is C26H30N2O3. The summed E-state index contributed by atoms with van der Waals surface area (Å²) in [6.45, 7) is 4.36. The molecule has 5 heteroatoms. The van der Waals surface area contributed by atoms with Gasteiger partial charge in [-0.1, -0.05) is 48.5 Å². The number of piperazine rings is 1. The Hall–Kier alpha value is -3.02. The van der Waals surface area contributed by atoms with Crippen LogP contribution < -0.4 is 19.5 Å². The molecule has 0 amide bonds. The van der Waals surface area contributed by atoms with Crippen LogP contribution in [0.3, 0.4) is 0 Å². The van der Waals surface area contributed by atoms with Crippen LogP contribution in [0.25, 0.3) is 0 Å². The predicted octanol–water partition coefficient (Wildman–Crippen LogP) is 4.28. The van der Waals surface area contributed by atoms with Gasteiger partial charge in [-0.2, -0.15) is 0 Å². The lowest BCUT2D eigenvalue weighted by molar-refractivity contribution is 0.190. The average molecular weight is 419 g/mol. The van der Waals surface area contributed by atoms with Gasteiger partial charge in [-0.3, -0.25) is 4.90 Å². The highest BCUT2D eigenvalue weighted by molar-refractivity contribution is 5.49. The van der Waals surface area contributed by atoms with Gasteiger partial charge >= 0.3 is 0 Å². The molecule has 1 unspecified atom stereocenters. The van der Waals surface area contributed by atoms with Gasteiger partial charge in [0, 0.05) is 43.4 Å². The molecule has 4 rings (SSSR count). The molecule has 3 aromatic rings. The van der Waals surface area contributed by atoms with Crippen LogP contribution in [0.5, 0.6) is 17.2 Å². The van der Waals surface area contributed by atoms with Crippen LogP contribution in [0.2, 0.25) is 0 Å². The van der Waals surface area contributed by atoms with Crippen molar-refractivity contribution in [3.05, 3.63) is 89.5 Å². The summed E-state index contributed by atoms with van der Waals surface area (Å²) < 4.78 is 17.5. The van der Waals surface area contributed by atoms with Crippen molar-refractivity contribution in [2.75, 3.05) is 40.4 Å². The van der Waals surface area contributed by atoms with Crippen LogP contribution >= 0.6 is 0 Å². The van der Waals surface area contributed by atoms with E-state index in [1.807, 2.05) is 36.4 Å². The van der Waals surface area contributed by atoms with E-state index >= 15 is 0 Å². The zero-order valence-electron chi connectivity index (χ0n) is 18.2. The number of hydrogen-bond donors (Lipinski definition) is 1. The first kappa shape index (κ1) is 21.2. The predicted molar refractivity (Wildman–Crippen MR) is 123 cm³/mol. The molecule has 0 aliphatic carbocycles. The summed E-state index contributed by atoms with van der Waals surface area (Å²) in [6, 6.07) is 24.7. The SMILES string of the molecule is COc1ccc(C(c2ccccc2OCc2ccccc2)N2CCNCC2)c(OC)c1. The van der Waals surface area contributed by atoms with E-state index in [-0.39, 0.29) is 6.04 Å². The average Bonchev–Trinajstić information content (AvgIpc) is 2.85. The number of para-hydroxylation sites is 1. The van der Waals surface area contributed by atoms with Gasteiger partial charge in [-0.15, -0.1) is 0 Å². The van der Waals surface area contributed by atoms with Crippen molar-refractivity contribution >= 4 is 0 Å². The summed E-state index contributed by atoms with van der Waals surface area (Å²) in [5, 5.41) is 3.46. The number of rotatable bonds is 8. The van der Waals surface area contributed by atoms with Crippen LogP contribution in [-0.4, -0.2) is 45.3 Å². The standard InChI is InChI=1S/C26H30N2O3/c1-29-21-12-13-23(25(18-21)30-2)26(28-16-14-27-15-17-28)22-10-6-7-11-24(22)31-19-20-8-4-3-5-9-20/h3-13,18,26-27H,14-17,19H2,1-2H3. The van der Waals surface area contributed by atoms with Crippen molar-refractivity contribution in [1.29, 1.82) is 0 Å². The molecule has 162 valence electrons. The largest absolute Gasteiger partial charge is 0.497 e. The molecule has 1 N–H and O–H groups in total. The van der Waals surface area contributed by atoms with Crippen LogP contribution in [0, 0.1) is 0 Å². The van der Waals surface area contributed by atoms with Crippen molar-refractivity contribution in [2.45, 2.75) is 12.6 Å². The maximum Gasteiger partial charge on any atom is 0.127 e. The molecule has 0 bridgehead atoms. The number of nitrogens with zero attached hydrogens (tertiary/aromatic N) is 1. The molecule has 0 spiro atoms. The Morgan fingerprint density at radius 2 is 1.52 bits per heavy atom. The van der Waals surface area contributed by atoms with Gasteiger partial charge in [0.2, 0.25) is 0 Å². The van der Waals surface area contributed by atoms with Crippen LogP contribution in [0.1, 0.15) is 22.7 Å². The summed E-state index contributed by atoms with van der Waals surface area (Å²) in [5.74, 6) is 2.50. The first-order valence-electron chi connectivity index (χ1n) is 10.7. The highest BCUT2D eigenvalue weighted by Gasteiger charge is 2.29. The molecule has 0 radical (unpaired) electrons. The van der Waals surface area contributed by atoms with E-state index in [1.54, 1.807) is 14.2 Å². The summed E-state index contributed by atoms with van der Waals surface area (Å²) in [4.78, 5) is 2.49. The Labute approximate surface area is 184 Å². The van der Waals surface area contributed by atoms with E-state index in [0.717, 1.165) is 60.1 Å². The Balaban J connectivity index is 1.73. The molecule has 0 aromatic heterocycles. The minimum atomic E-state index is 0.0231. The van der Waals surface area contributed by atoms with Gasteiger partial charge in [-0.05, 0) is 23.8 Å². The minimum Gasteiger partial charge on any atom is -0.497 e. The second-order valence-corrected chi connectivity index (χ2v) is 7.61. The fourth-order valence-corrected chi connectivity index (χ4v) is 4.12. The van der Waals surface area contributed by atoms with Crippen molar-refractivity contribution in [1.82, 2.24) is 10.2 Å². The minimum absolute atomic E-state index is 0.0231. The van der Waals surface area contributed by atoms with E-state index in [4.69, 9.17) is 14.2 Å². The number of hydrogen-bond acceptors (Lipinski definition) is 5. The molecule has 31 heavy (non-hydrogen) atoms. The van der Waals surface area contributed by atoms with Gasteiger partial charge in [-0.25, -0.2) is 0 Å². The lowest BCUT2D eigenvalue weighted by Crippen LogP contribution is -2.45. The first-order valence-corrected chi connectivity index (χ1v) is 10.7. The van der Waals surface area contributed by atoms with E-state index in [1.165, 1.54) is 0 Å². The third-order valence-corrected chi connectivity index (χ3v) is 5.70. The number of methoxy groups -OCH3 is 2. The zero-order chi connectivity index (χ0) is 21.5. The molecular weight excluding hydrogens is 388 g/mol. The van der Waals surface area contributed by atoms with E-state index in [0.29, 0.717) is 6.61 Å². The number of benzene rings is 3. The lowest BCUT2D eigenvalue weighted by Gasteiger charge is -2.36. The highest BCUT2D eigenvalue weighted by Crippen LogP contribution is 2.40. The third-order valence-electron chi connectivity index (χ3n) is 5.70. The fraction of sp³-hybridized carbons (Fsp3) is 0.308.